The van der Waals surface area contributed by atoms with Crippen LogP contribution in [-0.4, -0.2) is 60.8 Å². The fourth-order valence-electron chi connectivity index (χ4n) is 8.69. The van der Waals surface area contributed by atoms with Crippen molar-refractivity contribution in [3.05, 3.63) is 136 Å². The Morgan fingerprint density at radius 2 is 1.36 bits per heavy atom. The third-order valence-corrected chi connectivity index (χ3v) is 13.1. The molecule has 0 saturated heterocycles. The van der Waals surface area contributed by atoms with Gasteiger partial charge in [0.1, 0.15) is 6.54 Å². The minimum atomic E-state index is -4.01. The molecule has 2 heterocycles. The van der Waals surface area contributed by atoms with Crippen LogP contribution in [0.2, 0.25) is 0 Å². The first-order valence-corrected chi connectivity index (χ1v) is 22.6. The molecular formula is C45H55N2O6S2+. The summed E-state index contributed by atoms with van der Waals surface area (Å²) < 4.78 is 66.8. The zero-order chi connectivity index (χ0) is 39.6. The second-order valence-electron chi connectivity index (χ2n) is 16.1. The molecule has 2 N–H and O–H groups in total. The van der Waals surface area contributed by atoms with Gasteiger partial charge < -0.3 is 4.90 Å². The summed E-state index contributed by atoms with van der Waals surface area (Å²) in [4.78, 5) is 2.32. The van der Waals surface area contributed by atoms with E-state index < -0.39 is 20.2 Å². The lowest BCUT2D eigenvalue weighted by atomic mass is 9.79. The smallest absolute Gasteiger partial charge is 0.264 e. The molecule has 0 saturated carbocycles. The van der Waals surface area contributed by atoms with Crippen molar-refractivity contribution < 1.29 is 30.5 Å². The Kier molecular flexibility index (Phi) is 11.9. The number of fused-ring (bicyclic) bond motifs is 2. The van der Waals surface area contributed by atoms with E-state index in [0.29, 0.717) is 38.8 Å². The zero-order valence-corrected chi connectivity index (χ0v) is 34.4. The first-order valence-electron chi connectivity index (χ1n) is 19.4. The Bertz CT molecular complexity index is 2330. The van der Waals surface area contributed by atoms with Gasteiger partial charge in [0.25, 0.3) is 20.2 Å². The van der Waals surface area contributed by atoms with Crippen LogP contribution >= 0.6 is 0 Å². The van der Waals surface area contributed by atoms with E-state index in [9.17, 15) is 25.9 Å². The number of nitrogens with zero attached hydrogens (tertiary/aromatic N) is 2. The Morgan fingerprint density at radius 1 is 0.727 bits per heavy atom. The zero-order valence-electron chi connectivity index (χ0n) is 32.8. The van der Waals surface area contributed by atoms with E-state index in [2.05, 4.69) is 129 Å². The number of anilines is 1. The molecule has 3 aliphatic rings. The molecule has 0 atom stereocenters. The van der Waals surface area contributed by atoms with E-state index in [1.165, 1.54) is 39.0 Å². The van der Waals surface area contributed by atoms with Gasteiger partial charge in [-0.2, -0.15) is 21.4 Å². The third-order valence-electron chi connectivity index (χ3n) is 11.5. The molecule has 0 amide bonds. The van der Waals surface area contributed by atoms with Crippen LogP contribution in [0.3, 0.4) is 0 Å². The molecule has 2 aliphatic heterocycles. The van der Waals surface area contributed by atoms with Gasteiger partial charge in [0.05, 0.1) is 16.9 Å². The summed E-state index contributed by atoms with van der Waals surface area (Å²) in [5, 5.41) is 0. The van der Waals surface area contributed by atoms with E-state index in [-0.39, 0.29) is 22.3 Å². The lowest BCUT2D eigenvalue weighted by Crippen LogP contribution is -2.28. The van der Waals surface area contributed by atoms with Crippen LogP contribution in [-0.2, 0) is 31.1 Å². The third kappa shape index (κ3) is 8.99. The normalized spacial score (nSPS) is 19.6. The fraction of sp³-hybridized carbons (Fsp3) is 0.400. The molecule has 3 aromatic rings. The quantitative estimate of drug-likeness (QED) is 0.0951. The van der Waals surface area contributed by atoms with Crippen molar-refractivity contribution in [2.45, 2.75) is 90.4 Å². The van der Waals surface area contributed by atoms with Gasteiger partial charge in [-0.25, -0.2) is 0 Å². The predicted octanol–water partition coefficient (Wildman–Crippen LogP) is 9.51. The van der Waals surface area contributed by atoms with Gasteiger partial charge in [-0.15, -0.1) is 0 Å². The Balaban J connectivity index is 1.42. The molecule has 0 radical (unpaired) electrons. The minimum absolute atomic E-state index is 0.246. The Labute approximate surface area is 328 Å². The summed E-state index contributed by atoms with van der Waals surface area (Å²) in [7, 11) is -8.03. The highest BCUT2D eigenvalue weighted by molar-refractivity contribution is 7.86. The summed E-state index contributed by atoms with van der Waals surface area (Å²) in [6.45, 7) is 12.4. The van der Waals surface area contributed by atoms with Crippen molar-refractivity contribution in [2.75, 3.05) is 29.5 Å². The van der Waals surface area contributed by atoms with Crippen molar-refractivity contribution in [2.24, 2.45) is 0 Å². The van der Waals surface area contributed by atoms with Gasteiger partial charge in [-0.05, 0) is 105 Å². The van der Waals surface area contributed by atoms with E-state index in [1.54, 1.807) is 0 Å². The first-order chi connectivity index (χ1) is 26.0. The van der Waals surface area contributed by atoms with Crippen LogP contribution in [0.1, 0.15) is 94.9 Å². The molecule has 1 aliphatic carbocycles. The molecule has 55 heavy (non-hydrogen) atoms. The number of hydrogen-bond acceptors (Lipinski definition) is 5. The standard InChI is InChI=1S/C45H54N2O6S2/c1-33-17-6-7-20-36(33)43-34(25-27-41-44(2,3)37-21-8-10-23-39(37)46(41)29-12-14-31-54(48,49)50)18-16-19-35(43)26-28-42-45(4,5)38-22-9-11-24-40(38)47(42)30-13-15-32-55(51,52)53/h6-11,17,20-28H,12-16,18-19,29-32H2,1-5H3,(H-,48,49,50,51,52,53)/p+1. The van der Waals surface area contributed by atoms with E-state index in [0.717, 1.165) is 42.0 Å². The van der Waals surface area contributed by atoms with Gasteiger partial charge in [0, 0.05) is 47.5 Å². The molecule has 0 aromatic heterocycles. The van der Waals surface area contributed by atoms with Crippen LogP contribution in [0.15, 0.2) is 114 Å². The van der Waals surface area contributed by atoms with E-state index in [1.807, 2.05) is 12.1 Å². The van der Waals surface area contributed by atoms with Crippen LogP contribution in [0, 0.1) is 6.92 Å². The monoisotopic (exact) mass is 783 g/mol. The number of hydrogen-bond donors (Lipinski definition) is 2. The highest BCUT2D eigenvalue weighted by atomic mass is 32.2. The highest BCUT2D eigenvalue weighted by Gasteiger charge is 2.44. The number of rotatable bonds is 14. The van der Waals surface area contributed by atoms with Gasteiger partial charge >= 0.3 is 0 Å². The maximum atomic E-state index is 11.5. The van der Waals surface area contributed by atoms with Crippen LogP contribution in [0.5, 0.6) is 0 Å². The van der Waals surface area contributed by atoms with Crippen molar-refractivity contribution >= 4 is 42.9 Å². The predicted molar refractivity (Wildman–Crippen MR) is 225 cm³/mol. The summed E-state index contributed by atoms with van der Waals surface area (Å²) >= 11 is 0. The number of unbranched alkanes of at least 4 members (excludes halogenated alkanes) is 2. The van der Waals surface area contributed by atoms with Gasteiger partial charge in [-0.3, -0.25) is 9.11 Å². The summed E-state index contributed by atoms with van der Waals surface area (Å²) in [6.07, 6.45) is 14.0. The second kappa shape index (κ2) is 16.2. The van der Waals surface area contributed by atoms with Crippen molar-refractivity contribution in [1.82, 2.24) is 0 Å². The average Bonchev–Trinajstić information content (AvgIpc) is 3.47. The molecule has 6 rings (SSSR count). The van der Waals surface area contributed by atoms with Crippen molar-refractivity contribution in [1.29, 1.82) is 0 Å². The summed E-state index contributed by atoms with van der Waals surface area (Å²) in [5.41, 5.74) is 12.7. The van der Waals surface area contributed by atoms with E-state index in [4.69, 9.17) is 0 Å². The maximum Gasteiger partial charge on any atom is 0.264 e. The Hall–Kier alpha value is -4.09. The fourth-order valence-corrected chi connectivity index (χ4v) is 9.83. The largest absolute Gasteiger partial charge is 0.344 e. The molecule has 10 heteroatoms. The first kappa shape index (κ1) is 40.6. The summed E-state index contributed by atoms with van der Waals surface area (Å²) in [6, 6.07) is 25.4. The topological polar surface area (TPSA) is 115 Å². The van der Waals surface area contributed by atoms with Gasteiger partial charge in [0.15, 0.2) is 5.71 Å². The highest BCUT2D eigenvalue weighted by Crippen LogP contribution is 2.48. The molecule has 0 bridgehead atoms. The molecule has 292 valence electrons. The van der Waals surface area contributed by atoms with E-state index >= 15 is 0 Å². The molecule has 8 nitrogen and oxygen atoms in total. The van der Waals surface area contributed by atoms with Crippen LogP contribution in [0.25, 0.3) is 5.57 Å². The molecule has 0 fully saturated rings. The lowest BCUT2D eigenvalue weighted by Gasteiger charge is -2.28. The minimum Gasteiger partial charge on any atom is -0.344 e. The van der Waals surface area contributed by atoms with Gasteiger partial charge in [0.2, 0.25) is 5.69 Å². The number of aryl methyl sites for hydroxylation is 1. The van der Waals surface area contributed by atoms with Crippen molar-refractivity contribution in [3.8, 4) is 0 Å². The molecule has 0 spiro atoms. The van der Waals surface area contributed by atoms with Crippen LogP contribution in [0.4, 0.5) is 11.4 Å². The van der Waals surface area contributed by atoms with Gasteiger partial charge in [-0.1, -0.05) is 86.7 Å². The lowest BCUT2D eigenvalue weighted by molar-refractivity contribution is -0.438. The second-order valence-corrected chi connectivity index (χ2v) is 19.2. The average molecular weight is 784 g/mol. The molecular weight excluding hydrogens is 729 g/mol. The number of para-hydroxylation sites is 2. The molecule has 3 aromatic carbocycles. The summed E-state index contributed by atoms with van der Waals surface area (Å²) in [5.74, 6) is -0.492. The SMILES string of the molecule is Cc1ccccc1C1=C(C=CC2=[N+](CCCCS(=O)(=O)O)c3ccccc3C2(C)C)CCCC1=CC=C1N(CCCCS(=O)(=O)O)c2ccccc2C1(C)C. The Morgan fingerprint density at radius 3 is 2.07 bits per heavy atom. The maximum absolute atomic E-state index is 11.5. The number of allylic oxidation sites excluding steroid dienone is 8. The molecule has 0 unspecified atom stereocenters. The van der Waals surface area contributed by atoms with Crippen LogP contribution < -0.4 is 4.90 Å². The number of benzene rings is 3. The van der Waals surface area contributed by atoms with Crippen molar-refractivity contribution in [3.63, 3.8) is 0 Å².